The maximum Gasteiger partial charge on any atom is 0.232 e. The summed E-state index contributed by atoms with van der Waals surface area (Å²) in [5.74, 6) is 0.830. The molecule has 0 saturated carbocycles. The molecule has 4 nitrogen and oxygen atoms in total. The average molecular weight is 349 g/mol. The Morgan fingerprint density at radius 2 is 2.11 bits per heavy atom. The number of nitrogens with one attached hydrogen (secondary N) is 1. The van der Waals surface area contributed by atoms with Gasteiger partial charge in [0.2, 0.25) is 11.8 Å². The van der Waals surface area contributed by atoms with Gasteiger partial charge in [0.15, 0.2) is 0 Å². The summed E-state index contributed by atoms with van der Waals surface area (Å²) >= 11 is 15.1. The molecule has 0 amide bonds. The van der Waals surface area contributed by atoms with Crippen molar-refractivity contribution in [1.29, 1.82) is 0 Å². The van der Waals surface area contributed by atoms with Crippen LogP contribution in [0.3, 0.4) is 0 Å². The number of ether oxygens (including phenoxy) is 1. The van der Waals surface area contributed by atoms with Crippen LogP contribution in [0.1, 0.15) is 0 Å². The standard InChI is InChI=1S/C11H8BrCl2N3O/c1-18-10-7(12)5-15-11(17-10)16-9-3-2-6(13)4-8(9)14/h2-5H,1H3,(H,15,16,17). The summed E-state index contributed by atoms with van der Waals surface area (Å²) in [6.45, 7) is 0. The van der Waals surface area contributed by atoms with E-state index in [2.05, 4.69) is 31.2 Å². The fourth-order valence-corrected chi connectivity index (χ4v) is 2.07. The highest BCUT2D eigenvalue weighted by Crippen LogP contribution is 2.28. The molecule has 18 heavy (non-hydrogen) atoms. The summed E-state index contributed by atoms with van der Waals surface area (Å²) in [4.78, 5) is 8.27. The van der Waals surface area contributed by atoms with Gasteiger partial charge in [-0.05, 0) is 34.1 Å². The summed E-state index contributed by atoms with van der Waals surface area (Å²) in [6.07, 6.45) is 1.60. The van der Waals surface area contributed by atoms with Crippen molar-refractivity contribution < 1.29 is 4.74 Å². The van der Waals surface area contributed by atoms with E-state index < -0.39 is 0 Å². The Bertz CT molecular complexity index is 580. The lowest BCUT2D eigenvalue weighted by Gasteiger charge is -2.08. The summed E-state index contributed by atoms with van der Waals surface area (Å²) in [5.41, 5.74) is 0.672. The summed E-state index contributed by atoms with van der Waals surface area (Å²) < 4.78 is 5.76. The van der Waals surface area contributed by atoms with E-state index in [1.54, 1.807) is 24.4 Å². The van der Waals surface area contributed by atoms with Gasteiger partial charge in [0.05, 0.1) is 28.5 Å². The lowest BCUT2D eigenvalue weighted by atomic mass is 10.3. The smallest absolute Gasteiger partial charge is 0.232 e. The Morgan fingerprint density at radius 1 is 1.33 bits per heavy atom. The largest absolute Gasteiger partial charge is 0.480 e. The molecule has 0 aliphatic rings. The number of hydrogen-bond acceptors (Lipinski definition) is 4. The highest BCUT2D eigenvalue weighted by atomic mass is 79.9. The molecule has 1 N–H and O–H groups in total. The van der Waals surface area contributed by atoms with E-state index in [-0.39, 0.29) is 0 Å². The molecule has 0 spiro atoms. The summed E-state index contributed by atoms with van der Waals surface area (Å²) in [6, 6.07) is 5.12. The molecule has 0 bridgehead atoms. The average Bonchev–Trinajstić information content (AvgIpc) is 2.35. The first-order chi connectivity index (χ1) is 8.60. The highest BCUT2D eigenvalue weighted by Gasteiger charge is 2.07. The predicted octanol–water partition coefficient (Wildman–Crippen LogP) is 4.30. The van der Waals surface area contributed by atoms with Crippen molar-refractivity contribution in [2.24, 2.45) is 0 Å². The second-order valence-electron chi connectivity index (χ2n) is 3.30. The van der Waals surface area contributed by atoms with E-state index in [1.807, 2.05) is 0 Å². The molecule has 1 aromatic heterocycles. The molecule has 94 valence electrons. The van der Waals surface area contributed by atoms with Crippen molar-refractivity contribution in [2.45, 2.75) is 0 Å². The second-order valence-corrected chi connectivity index (χ2v) is 5.00. The minimum atomic E-state index is 0.388. The van der Waals surface area contributed by atoms with Gasteiger partial charge in [-0.2, -0.15) is 4.98 Å². The van der Waals surface area contributed by atoms with Gasteiger partial charge >= 0.3 is 0 Å². The Hall–Kier alpha value is -1.04. The number of rotatable bonds is 3. The summed E-state index contributed by atoms with van der Waals surface area (Å²) in [5, 5.41) is 4.05. The number of hydrogen-bond donors (Lipinski definition) is 1. The van der Waals surface area contributed by atoms with Gasteiger partial charge in [-0.3, -0.25) is 0 Å². The van der Waals surface area contributed by atoms with E-state index in [0.717, 1.165) is 0 Å². The number of anilines is 2. The monoisotopic (exact) mass is 347 g/mol. The molecule has 2 rings (SSSR count). The number of methoxy groups -OCH3 is 1. The van der Waals surface area contributed by atoms with Crippen LogP contribution in [-0.2, 0) is 0 Å². The molecular weight excluding hydrogens is 341 g/mol. The molecule has 0 unspecified atom stereocenters. The van der Waals surface area contributed by atoms with Crippen LogP contribution in [0.2, 0.25) is 10.0 Å². The zero-order chi connectivity index (χ0) is 13.1. The fraction of sp³-hybridized carbons (Fsp3) is 0.0909. The molecule has 0 fully saturated rings. The highest BCUT2D eigenvalue weighted by molar-refractivity contribution is 9.10. The third kappa shape index (κ3) is 3.04. The lowest BCUT2D eigenvalue weighted by molar-refractivity contribution is 0.394. The van der Waals surface area contributed by atoms with Crippen molar-refractivity contribution in [3.05, 3.63) is 38.9 Å². The minimum Gasteiger partial charge on any atom is -0.480 e. The van der Waals surface area contributed by atoms with Gasteiger partial charge in [-0.15, -0.1) is 0 Å². The molecule has 1 heterocycles. The Kier molecular flexibility index (Phi) is 4.27. The van der Waals surface area contributed by atoms with Crippen molar-refractivity contribution in [2.75, 3.05) is 12.4 Å². The molecule has 2 aromatic rings. The topological polar surface area (TPSA) is 47.0 Å². The zero-order valence-corrected chi connectivity index (χ0v) is 12.3. The molecule has 0 atom stereocenters. The van der Waals surface area contributed by atoms with Crippen LogP contribution in [0.25, 0.3) is 0 Å². The van der Waals surface area contributed by atoms with Gasteiger partial charge in [0.25, 0.3) is 0 Å². The summed E-state index contributed by atoms with van der Waals surface area (Å²) in [7, 11) is 1.53. The Morgan fingerprint density at radius 3 is 2.78 bits per heavy atom. The van der Waals surface area contributed by atoms with Crippen LogP contribution in [0.5, 0.6) is 5.88 Å². The van der Waals surface area contributed by atoms with Crippen LogP contribution < -0.4 is 10.1 Å². The van der Waals surface area contributed by atoms with E-state index in [9.17, 15) is 0 Å². The van der Waals surface area contributed by atoms with E-state index in [4.69, 9.17) is 27.9 Å². The van der Waals surface area contributed by atoms with Crippen LogP contribution in [0.4, 0.5) is 11.6 Å². The number of nitrogens with zero attached hydrogens (tertiary/aromatic N) is 2. The van der Waals surface area contributed by atoms with Gasteiger partial charge in [-0.25, -0.2) is 4.98 Å². The minimum absolute atomic E-state index is 0.388. The molecule has 0 radical (unpaired) electrons. The van der Waals surface area contributed by atoms with Gasteiger partial charge in [0, 0.05) is 5.02 Å². The maximum absolute atomic E-state index is 6.04. The van der Waals surface area contributed by atoms with Crippen molar-refractivity contribution in [3.63, 3.8) is 0 Å². The fourth-order valence-electron chi connectivity index (χ4n) is 1.27. The molecule has 0 aliphatic heterocycles. The third-order valence-corrected chi connectivity index (χ3v) is 3.17. The van der Waals surface area contributed by atoms with Gasteiger partial charge in [0.1, 0.15) is 0 Å². The van der Waals surface area contributed by atoms with E-state index in [0.29, 0.717) is 32.0 Å². The first kappa shape index (κ1) is 13.4. The van der Waals surface area contributed by atoms with Crippen LogP contribution in [0, 0.1) is 0 Å². The normalized spacial score (nSPS) is 10.2. The van der Waals surface area contributed by atoms with Crippen molar-refractivity contribution >= 4 is 50.8 Å². The molecular formula is C11H8BrCl2N3O. The van der Waals surface area contributed by atoms with Crippen LogP contribution in [0.15, 0.2) is 28.9 Å². The first-order valence-corrected chi connectivity index (χ1v) is 6.43. The quantitative estimate of drug-likeness (QED) is 0.898. The van der Waals surface area contributed by atoms with Crippen molar-refractivity contribution in [1.82, 2.24) is 9.97 Å². The SMILES string of the molecule is COc1nc(Nc2ccc(Cl)cc2Cl)ncc1Br. The van der Waals surface area contributed by atoms with Gasteiger partial charge in [-0.1, -0.05) is 23.2 Å². The number of benzene rings is 1. The molecule has 1 aromatic carbocycles. The molecule has 7 heteroatoms. The predicted molar refractivity (Wildman–Crippen MR) is 76.0 cm³/mol. The lowest BCUT2D eigenvalue weighted by Crippen LogP contribution is -1.99. The van der Waals surface area contributed by atoms with E-state index in [1.165, 1.54) is 7.11 Å². The number of aromatic nitrogens is 2. The Balaban J connectivity index is 2.28. The van der Waals surface area contributed by atoms with Crippen LogP contribution >= 0.6 is 39.1 Å². The molecule has 0 saturated heterocycles. The molecule has 0 aliphatic carbocycles. The third-order valence-electron chi connectivity index (χ3n) is 2.08. The maximum atomic E-state index is 6.04. The number of halogens is 3. The van der Waals surface area contributed by atoms with Crippen molar-refractivity contribution in [3.8, 4) is 5.88 Å². The zero-order valence-electron chi connectivity index (χ0n) is 9.25. The Labute approximate surface area is 122 Å². The van der Waals surface area contributed by atoms with Crippen LogP contribution in [-0.4, -0.2) is 17.1 Å². The van der Waals surface area contributed by atoms with E-state index >= 15 is 0 Å². The van der Waals surface area contributed by atoms with Gasteiger partial charge < -0.3 is 10.1 Å². The second kappa shape index (κ2) is 5.73. The first-order valence-electron chi connectivity index (χ1n) is 4.89.